The monoisotopic (exact) mass is 207 g/mol. The van der Waals surface area contributed by atoms with E-state index in [0.717, 1.165) is 18.3 Å². The summed E-state index contributed by atoms with van der Waals surface area (Å²) >= 11 is 0. The first-order valence-electron chi connectivity index (χ1n) is 5.98. The van der Waals surface area contributed by atoms with Gasteiger partial charge in [-0.1, -0.05) is 19.3 Å². The molecule has 0 radical (unpaired) electrons. The van der Waals surface area contributed by atoms with Crippen LogP contribution in [0.15, 0.2) is 12.4 Å². The lowest BCUT2D eigenvalue weighted by molar-refractivity contribution is 0.287. The number of hydrogen-bond acceptors (Lipinski definition) is 2. The van der Waals surface area contributed by atoms with E-state index in [1.807, 2.05) is 19.4 Å². The number of hydrogen-bond donors (Lipinski definition) is 1. The lowest BCUT2D eigenvalue weighted by Crippen LogP contribution is -2.25. The number of nitrogens with one attached hydrogen (secondary N) is 1. The molecule has 0 bridgehead atoms. The van der Waals surface area contributed by atoms with Crippen LogP contribution in [0.4, 0.5) is 0 Å². The van der Waals surface area contributed by atoms with Crippen molar-refractivity contribution in [1.29, 1.82) is 0 Å². The van der Waals surface area contributed by atoms with Gasteiger partial charge in [-0.15, -0.1) is 0 Å². The van der Waals surface area contributed by atoms with Crippen molar-refractivity contribution in [2.45, 2.75) is 38.6 Å². The molecule has 1 N–H and O–H groups in total. The third-order valence-electron chi connectivity index (χ3n) is 3.47. The summed E-state index contributed by atoms with van der Waals surface area (Å²) in [4.78, 5) is 4.35. The van der Waals surface area contributed by atoms with Crippen LogP contribution in [-0.4, -0.2) is 16.1 Å². The molecular formula is C12H21N3. The highest BCUT2D eigenvalue weighted by molar-refractivity contribution is 4.96. The molecule has 1 aliphatic carbocycles. The molecule has 0 spiro atoms. The summed E-state index contributed by atoms with van der Waals surface area (Å²) < 4.78 is 2.08. The van der Waals surface area contributed by atoms with Gasteiger partial charge in [-0.3, -0.25) is 0 Å². The molecule has 1 saturated carbocycles. The standard InChI is InChI=1S/C12H21N3/c1-10(12-14-8-9-15(12)2)13-7-6-11-4-3-5-11/h8-11,13H,3-7H2,1-2H3. The first kappa shape index (κ1) is 10.7. The molecule has 3 heteroatoms. The van der Waals surface area contributed by atoms with Crippen molar-refractivity contribution < 1.29 is 0 Å². The van der Waals surface area contributed by atoms with Gasteiger partial charge >= 0.3 is 0 Å². The summed E-state index contributed by atoms with van der Waals surface area (Å²) in [5.74, 6) is 2.12. The molecule has 0 aliphatic heterocycles. The zero-order valence-corrected chi connectivity index (χ0v) is 9.74. The smallest absolute Gasteiger partial charge is 0.125 e. The molecule has 3 nitrogen and oxygen atoms in total. The van der Waals surface area contributed by atoms with Crippen LogP contribution in [0.3, 0.4) is 0 Å². The van der Waals surface area contributed by atoms with Crippen LogP contribution < -0.4 is 5.32 Å². The lowest BCUT2D eigenvalue weighted by atomic mass is 9.83. The number of imidazole rings is 1. The molecule has 2 rings (SSSR count). The average molecular weight is 207 g/mol. The van der Waals surface area contributed by atoms with Crippen LogP contribution in [-0.2, 0) is 7.05 Å². The Hall–Kier alpha value is -0.830. The minimum atomic E-state index is 0.366. The number of aromatic nitrogens is 2. The summed E-state index contributed by atoms with van der Waals surface area (Å²) in [6.07, 6.45) is 9.52. The predicted molar refractivity (Wildman–Crippen MR) is 61.6 cm³/mol. The van der Waals surface area contributed by atoms with Crippen molar-refractivity contribution in [3.63, 3.8) is 0 Å². The Labute approximate surface area is 91.9 Å². The van der Waals surface area contributed by atoms with Crippen molar-refractivity contribution in [3.8, 4) is 0 Å². The molecule has 1 atom stereocenters. The number of rotatable bonds is 5. The Bertz CT molecular complexity index is 302. The Kier molecular flexibility index (Phi) is 3.41. The molecule has 1 heterocycles. The van der Waals surface area contributed by atoms with E-state index in [1.54, 1.807) is 0 Å². The molecule has 15 heavy (non-hydrogen) atoms. The second-order valence-corrected chi connectivity index (χ2v) is 4.66. The van der Waals surface area contributed by atoms with Crippen molar-refractivity contribution in [2.75, 3.05) is 6.54 Å². The molecule has 1 aromatic heterocycles. The number of nitrogens with zero attached hydrogens (tertiary/aromatic N) is 2. The predicted octanol–water partition coefficient (Wildman–Crippen LogP) is 2.26. The van der Waals surface area contributed by atoms with E-state index in [9.17, 15) is 0 Å². The number of aryl methyl sites for hydroxylation is 1. The second kappa shape index (κ2) is 4.79. The maximum absolute atomic E-state index is 4.35. The fourth-order valence-electron chi connectivity index (χ4n) is 2.17. The molecular weight excluding hydrogens is 186 g/mol. The minimum Gasteiger partial charge on any atom is -0.337 e. The van der Waals surface area contributed by atoms with E-state index in [0.29, 0.717) is 6.04 Å². The highest BCUT2D eigenvalue weighted by Crippen LogP contribution is 2.28. The van der Waals surface area contributed by atoms with Crippen molar-refractivity contribution in [2.24, 2.45) is 13.0 Å². The van der Waals surface area contributed by atoms with Gasteiger partial charge < -0.3 is 9.88 Å². The van der Waals surface area contributed by atoms with E-state index >= 15 is 0 Å². The fraction of sp³-hybridized carbons (Fsp3) is 0.750. The zero-order chi connectivity index (χ0) is 10.7. The summed E-state index contributed by atoms with van der Waals surface area (Å²) in [5, 5.41) is 3.54. The van der Waals surface area contributed by atoms with Crippen LogP contribution in [0.25, 0.3) is 0 Å². The van der Waals surface area contributed by atoms with Crippen LogP contribution in [0, 0.1) is 5.92 Å². The SMILES string of the molecule is CC(NCCC1CCC1)c1nccn1C. The van der Waals surface area contributed by atoms with Crippen LogP contribution >= 0.6 is 0 Å². The van der Waals surface area contributed by atoms with Gasteiger partial charge in [0.05, 0.1) is 6.04 Å². The van der Waals surface area contributed by atoms with Gasteiger partial charge in [0.25, 0.3) is 0 Å². The largest absolute Gasteiger partial charge is 0.337 e. The first-order chi connectivity index (χ1) is 7.27. The molecule has 1 unspecified atom stereocenters. The van der Waals surface area contributed by atoms with E-state index in [-0.39, 0.29) is 0 Å². The van der Waals surface area contributed by atoms with Gasteiger partial charge in [0.1, 0.15) is 5.82 Å². The highest BCUT2D eigenvalue weighted by atomic mass is 15.1. The molecule has 1 fully saturated rings. The normalized spacial score (nSPS) is 18.8. The van der Waals surface area contributed by atoms with Crippen molar-refractivity contribution in [3.05, 3.63) is 18.2 Å². The summed E-state index contributed by atoms with van der Waals surface area (Å²) in [5.41, 5.74) is 0. The van der Waals surface area contributed by atoms with E-state index in [4.69, 9.17) is 0 Å². The Morgan fingerprint density at radius 1 is 1.60 bits per heavy atom. The Morgan fingerprint density at radius 2 is 2.40 bits per heavy atom. The lowest BCUT2D eigenvalue weighted by Gasteiger charge is -2.26. The maximum atomic E-state index is 4.35. The Balaban J connectivity index is 1.72. The third-order valence-corrected chi connectivity index (χ3v) is 3.47. The first-order valence-corrected chi connectivity index (χ1v) is 5.98. The maximum Gasteiger partial charge on any atom is 0.125 e. The van der Waals surface area contributed by atoms with E-state index in [1.165, 1.54) is 25.7 Å². The van der Waals surface area contributed by atoms with Crippen LogP contribution in [0.2, 0.25) is 0 Å². The molecule has 1 aliphatic rings. The molecule has 0 aromatic carbocycles. The minimum absolute atomic E-state index is 0.366. The van der Waals surface area contributed by atoms with E-state index < -0.39 is 0 Å². The summed E-state index contributed by atoms with van der Waals surface area (Å²) in [6, 6.07) is 0.366. The molecule has 84 valence electrons. The van der Waals surface area contributed by atoms with Gasteiger partial charge in [-0.05, 0) is 25.8 Å². The van der Waals surface area contributed by atoms with Gasteiger partial charge in [0, 0.05) is 19.4 Å². The molecule has 1 aromatic rings. The summed E-state index contributed by atoms with van der Waals surface area (Å²) in [6.45, 7) is 3.31. The van der Waals surface area contributed by atoms with Gasteiger partial charge in [-0.2, -0.15) is 0 Å². The third kappa shape index (κ3) is 2.59. The zero-order valence-electron chi connectivity index (χ0n) is 9.74. The van der Waals surface area contributed by atoms with Gasteiger partial charge in [0.15, 0.2) is 0 Å². The second-order valence-electron chi connectivity index (χ2n) is 4.66. The van der Waals surface area contributed by atoms with Gasteiger partial charge in [0.2, 0.25) is 0 Å². The van der Waals surface area contributed by atoms with Crippen molar-refractivity contribution >= 4 is 0 Å². The van der Waals surface area contributed by atoms with Crippen molar-refractivity contribution in [1.82, 2.24) is 14.9 Å². The fourth-order valence-corrected chi connectivity index (χ4v) is 2.17. The van der Waals surface area contributed by atoms with E-state index in [2.05, 4.69) is 21.8 Å². The van der Waals surface area contributed by atoms with Crippen LogP contribution in [0.5, 0.6) is 0 Å². The van der Waals surface area contributed by atoms with Crippen LogP contribution in [0.1, 0.15) is 44.5 Å². The topological polar surface area (TPSA) is 29.9 Å². The molecule has 0 saturated heterocycles. The summed E-state index contributed by atoms with van der Waals surface area (Å²) in [7, 11) is 2.05. The average Bonchev–Trinajstić information content (AvgIpc) is 2.55. The Morgan fingerprint density at radius 3 is 2.93 bits per heavy atom. The quantitative estimate of drug-likeness (QED) is 0.802. The van der Waals surface area contributed by atoms with Gasteiger partial charge in [-0.25, -0.2) is 4.98 Å². The highest BCUT2D eigenvalue weighted by Gasteiger charge is 2.17. The molecule has 0 amide bonds.